The number of nitriles is 2. The number of nitrogen functional groups attached to an aromatic ring is 1. The van der Waals surface area contributed by atoms with Gasteiger partial charge in [0.2, 0.25) is 0 Å². The van der Waals surface area contributed by atoms with Gasteiger partial charge >= 0.3 is 0 Å². The average Bonchev–Trinajstić information content (AvgIpc) is 3.34. The second kappa shape index (κ2) is 20.4. The van der Waals surface area contributed by atoms with Crippen LogP contribution in [0.4, 0.5) is 17.3 Å². The van der Waals surface area contributed by atoms with Crippen molar-refractivity contribution in [3.63, 3.8) is 0 Å². The van der Waals surface area contributed by atoms with Crippen LogP contribution in [-0.2, 0) is 9.59 Å². The first kappa shape index (κ1) is 43.6. The van der Waals surface area contributed by atoms with Gasteiger partial charge in [-0.25, -0.2) is 9.97 Å². The SMILES string of the molecule is C=C(C#N)C(=O)N1CCCC(Nc2ncnc(N)c2-c2ccc(OCC3=CC(=C(C#N)C(=O)Nc4cccc(Oc5ccncc5-c5ccc(Oc6ccccc6)cc5)c4)CC=C3)cc2)C1. The van der Waals surface area contributed by atoms with E-state index in [2.05, 4.69) is 38.2 Å². The zero-order valence-corrected chi connectivity index (χ0v) is 35.7. The van der Waals surface area contributed by atoms with Gasteiger partial charge in [0.05, 0.1) is 5.56 Å². The number of ether oxygens (including phenoxy) is 3. The molecule has 1 unspecified atom stereocenters. The third kappa shape index (κ3) is 10.6. The summed E-state index contributed by atoms with van der Waals surface area (Å²) in [4.78, 5) is 40.8. The molecule has 6 aromatic rings. The lowest BCUT2D eigenvalue weighted by atomic mass is 9.97. The Morgan fingerprint density at radius 1 is 0.864 bits per heavy atom. The number of hydrogen-bond acceptors (Lipinski definition) is 12. The lowest BCUT2D eigenvalue weighted by Crippen LogP contribution is -2.45. The summed E-state index contributed by atoms with van der Waals surface area (Å²) < 4.78 is 18.4. The lowest BCUT2D eigenvalue weighted by Gasteiger charge is -2.33. The molecule has 1 aliphatic heterocycles. The molecule has 0 spiro atoms. The third-order valence-corrected chi connectivity index (χ3v) is 10.8. The van der Waals surface area contributed by atoms with Crippen LogP contribution in [-0.4, -0.2) is 57.4 Å². The standard InChI is InChI=1S/C52H43N9O5/c1-34(28-53)52(63)61-25-7-11-40(31-61)59-50-48(49(55)57-33-58-50)37-17-19-41(20-18-37)64-32-35-8-5-9-38(26-35)45(29-54)51(62)60-39-10-6-14-44(27-39)66-47-23-24-56-30-46(47)36-15-21-43(22-16-36)65-42-12-3-2-4-13-42/h2-6,8,10,12-24,26-27,30,33,40H,1,7,9,11,25,31-32H2,(H,60,62)(H3,55,57,58,59). The fourth-order valence-corrected chi connectivity index (χ4v) is 7.56. The maximum Gasteiger partial charge on any atom is 0.266 e. The molecule has 66 heavy (non-hydrogen) atoms. The Morgan fingerprint density at radius 2 is 1.62 bits per heavy atom. The van der Waals surface area contributed by atoms with E-state index in [1.165, 1.54) is 6.33 Å². The molecule has 1 atom stereocenters. The number of nitrogens with zero attached hydrogens (tertiary/aromatic N) is 6. The first-order chi connectivity index (χ1) is 32.2. The second-order valence-electron chi connectivity index (χ2n) is 15.4. The van der Waals surface area contributed by atoms with Crippen molar-refractivity contribution in [2.45, 2.75) is 25.3 Å². The fraction of sp³-hybridized carbons (Fsp3) is 0.135. The van der Waals surface area contributed by atoms with Gasteiger partial charge in [-0.3, -0.25) is 14.6 Å². The number of amides is 2. The van der Waals surface area contributed by atoms with Gasteiger partial charge in [-0.15, -0.1) is 0 Å². The summed E-state index contributed by atoms with van der Waals surface area (Å²) in [6.45, 7) is 4.68. The monoisotopic (exact) mass is 873 g/mol. The summed E-state index contributed by atoms with van der Waals surface area (Å²) in [5.74, 6) is 2.95. The van der Waals surface area contributed by atoms with E-state index >= 15 is 0 Å². The number of carbonyl (C=O) groups excluding carboxylic acids is 2. The Bertz CT molecular complexity index is 2950. The van der Waals surface area contributed by atoms with Crippen LogP contribution in [0.1, 0.15) is 19.3 Å². The predicted molar refractivity (Wildman–Crippen MR) is 251 cm³/mol. The Morgan fingerprint density at radius 3 is 2.41 bits per heavy atom. The molecular formula is C52H43N9O5. The average molecular weight is 874 g/mol. The van der Waals surface area contributed by atoms with E-state index in [9.17, 15) is 14.9 Å². The first-order valence-corrected chi connectivity index (χ1v) is 21.1. The number of piperidine rings is 1. The number of benzene rings is 4. The van der Waals surface area contributed by atoms with Crippen LogP contribution < -0.4 is 30.6 Å². The number of pyridine rings is 1. The summed E-state index contributed by atoms with van der Waals surface area (Å²) in [7, 11) is 0. The minimum absolute atomic E-state index is 0.0177. The molecule has 14 nitrogen and oxygen atoms in total. The molecular weight excluding hydrogens is 831 g/mol. The third-order valence-electron chi connectivity index (χ3n) is 10.8. The van der Waals surface area contributed by atoms with Crippen LogP contribution in [0, 0.1) is 22.7 Å². The van der Waals surface area contributed by atoms with Crippen molar-refractivity contribution in [3.05, 3.63) is 175 Å². The van der Waals surface area contributed by atoms with Crippen LogP contribution in [0.3, 0.4) is 0 Å². The van der Waals surface area contributed by atoms with Crippen molar-refractivity contribution >= 4 is 29.1 Å². The topological polar surface area (TPSA) is 201 Å². The van der Waals surface area contributed by atoms with Gasteiger partial charge in [-0.05, 0) is 96.1 Å². The molecule has 3 heterocycles. The molecule has 1 fully saturated rings. The number of rotatable bonds is 14. The summed E-state index contributed by atoms with van der Waals surface area (Å²) in [6, 6.07) is 37.1. The van der Waals surface area contributed by atoms with E-state index in [0.717, 1.165) is 40.9 Å². The molecule has 0 saturated carbocycles. The van der Waals surface area contributed by atoms with Crippen LogP contribution in [0.15, 0.2) is 175 Å². The van der Waals surface area contributed by atoms with E-state index in [4.69, 9.17) is 25.2 Å². The molecule has 4 N–H and O–H groups in total. The van der Waals surface area contributed by atoms with Gasteiger partial charge in [0.25, 0.3) is 11.8 Å². The number of nitrogens with two attached hydrogens (primary N) is 1. The second-order valence-corrected chi connectivity index (χ2v) is 15.4. The van der Waals surface area contributed by atoms with E-state index in [1.807, 2.05) is 97.1 Å². The van der Waals surface area contributed by atoms with Gasteiger partial charge in [-0.1, -0.05) is 73.3 Å². The largest absolute Gasteiger partial charge is 0.489 e. The van der Waals surface area contributed by atoms with Crippen LogP contribution in [0.2, 0.25) is 0 Å². The van der Waals surface area contributed by atoms with Crippen LogP contribution in [0.5, 0.6) is 28.7 Å². The lowest BCUT2D eigenvalue weighted by molar-refractivity contribution is -0.127. The van der Waals surface area contributed by atoms with E-state index in [1.54, 1.807) is 53.7 Å². The summed E-state index contributed by atoms with van der Waals surface area (Å²) in [6.07, 6.45) is 12.3. The molecule has 2 amide bonds. The Labute approximate surface area is 381 Å². The number of anilines is 3. The highest BCUT2D eigenvalue weighted by Crippen LogP contribution is 2.36. The number of carbonyl (C=O) groups is 2. The van der Waals surface area contributed by atoms with Crippen molar-refractivity contribution in [3.8, 4) is 63.1 Å². The van der Waals surface area contributed by atoms with Gasteiger partial charge in [-0.2, -0.15) is 10.5 Å². The minimum atomic E-state index is -0.549. The molecule has 0 bridgehead atoms. The predicted octanol–water partition coefficient (Wildman–Crippen LogP) is 9.58. The molecule has 1 aliphatic carbocycles. The normalized spacial score (nSPS) is 15.0. The van der Waals surface area contributed by atoms with Gasteiger partial charge < -0.3 is 35.5 Å². The Balaban J connectivity index is 0.894. The number of aromatic nitrogens is 3. The van der Waals surface area contributed by atoms with E-state index in [-0.39, 0.29) is 35.5 Å². The molecule has 4 aromatic carbocycles. The number of likely N-dealkylation sites (tertiary alicyclic amines) is 1. The zero-order chi connectivity index (χ0) is 45.8. The quantitative estimate of drug-likeness (QED) is 0.0692. The molecule has 8 rings (SSSR count). The van der Waals surface area contributed by atoms with Crippen molar-refractivity contribution in [2.24, 2.45) is 0 Å². The van der Waals surface area contributed by atoms with Crippen LogP contribution >= 0.6 is 0 Å². The van der Waals surface area contributed by atoms with E-state index in [0.29, 0.717) is 65.2 Å². The van der Waals surface area contributed by atoms with Crippen molar-refractivity contribution < 1.29 is 23.8 Å². The van der Waals surface area contributed by atoms with Crippen LogP contribution in [0.25, 0.3) is 22.3 Å². The molecule has 326 valence electrons. The molecule has 14 heteroatoms. The smallest absolute Gasteiger partial charge is 0.266 e. The summed E-state index contributed by atoms with van der Waals surface area (Å²) >= 11 is 0. The van der Waals surface area contributed by atoms with Crippen molar-refractivity contribution in [1.82, 2.24) is 19.9 Å². The number of hydrogen-bond donors (Lipinski definition) is 3. The zero-order valence-electron chi connectivity index (χ0n) is 35.7. The summed E-state index contributed by atoms with van der Waals surface area (Å²) in [5, 5.41) is 25.6. The number of nitrogens with one attached hydrogen (secondary N) is 2. The summed E-state index contributed by atoms with van der Waals surface area (Å²) in [5.41, 5.74) is 11.0. The number of allylic oxidation sites excluding steroid dienone is 3. The molecule has 2 aromatic heterocycles. The molecule has 0 radical (unpaired) electrons. The first-order valence-electron chi connectivity index (χ1n) is 21.1. The fourth-order valence-electron chi connectivity index (χ4n) is 7.56. The van der Waals surface area contributed by atoms with Gasteiger partial charge in [0, 0.05) is 48.8 Å². The Kier molecular flexibility index (Phi) is 13.5. The van der Waals surface area contributed by atoms with Crippen molar-refractivity contribution in [2.75, 3.05) is 36.1 Å². The molecule has 2 aliphatic rings. The van der Waals surface area contributed by atoms with Gasteiger partial charge in [0.1, 0.15) is 76.6 Å². The van der Waals surface area contributed by atoms with Gasteiger partial charge in [0.15, 0.2) is 0 Å². The highest BCUT2D eigenvalue weighted by molar-refractivity contribution is 6.07. The Hall–Kier alpha value is -9.01. The maximum absolute atomic E-state index is 13.6. The highest BCUT2D eigenvalue weighted by atomic mass is 16.5. The highest BCUT2D eigenvalue weighted by Gasteiger charge is 2.26. The van der Waals surface area contributed by atoms with Crippen molar-refractivity contribution in [1.29, 1.82) is 10.5 Å². The minimum Gasteiger partial charge on any atom is -0.489 e. The molecule has 1 saturated heterocycles. The number of para-hydroxylation sites is 1. The maximum atomic E-state index is 13.6. The van der Waals surface area contributed by atoms with E-state index < -0.39 is 5.91 Å².